The fourth-order valence-electron chi connectivity index (χ4n) is 1.30. The van der Waals surface area contributed by atoms with E-state index in [1.165, 1.54) is 11.5 Å². The summed E-state index contributed by atoms with van der Waals surface area (Å²) in [5.41, 5.74) is 5.77. The second-order valence-corrected chi connectivity index (χ2v) is 4.87. The number of aromatic nitrogens is 1. The molecule has 0 amide bonds. The Morgan fingerprint density at radius 1 is 1.41 bits per heavy atom. The second-order valence-electron chi connectivity index (χ2n) is 4.10. The Hall–Kier alpha value is -1.01. The molecular formula is C11H21N3O2S. The summed E-state index contributed by atoms with van der Waals surface area (Å²) in [6.07, 6.45) is 0.0800. The first-order valence-electron chi connectivity index (χ1n) is 5.80. The number of nitrogen functional groups attached to an aromatic ring is 1. The van der Waals surface area contributed by atoms with E-state index in [1.54, 1.807) is 0 Å². The van der Waals surface area contributed by atoms with Gasteiger partial charge in [0.25, 0.3) is 0 Å². The second kappa shape index (κ2) is 6.66. The van der Waals surface area contributed by atoms with Crippen LogP contribution in [0.25, 0.3) is 0 Å². The van der Waals surface area contributed by atoms with Gasteiger partial charge in [0.2, 0.25) is 0 Å². The van der Waals surface area contributed by atoms with Crippen LogP contribution in [0.2, 0.25) is 0 Å². The lowest BCUT2D eigenvalue weighted by Gasteiger charge is -2.16. The molecule has 5 nitrogen and oxygen atoms in total. The Morgan fingerprint density at radius 2 is 2.12 bits per heavy atom. The molecule has 0 fully saturated rings. The maximum Gasteiger partial charge on any atom is 0.197 e. The van der Waals surface area contributed by atoms with Gasteiger partial charge >= 0.3 is 0 Å². The topological polar surface area (TPSA) is 69.4 Å². The maximum absolute atomic E-state index is 5.77. The molecule has 1 atom stereocenters. The minimum absolute atomic E-state index is 0.0800. The van der Waals surface area contributed by atoms with Crippen molar-refractivity contribution in [3.05, 3.63) is 0 Å². The molecule has 1 aromatic heterocycles. The Kier molecular flexibility index (Phi) is 5.50. The molecule has 0 aromatic carbocycles. The van der Waals surface area contributed by atoms with E-state index in [1.807, 2.05) is 27.7 Å². The van der Waals surface area contributed by atoms with Crippen molar-refractivity contribution in [2.75, 3.05) is 24.3 Å². The first kappa shape index (κ1) is 14.1. The van der Waals surface area contributed by atoms with Crippen LogP contribution in [0.1, 0.15) is 27.7 Å². The van der Waals surface area contributed by atoms with Crippen LogP contribution in [0.3, 0.4) is 0 Å². The third kappa shape index (κ3) is 4.40. The Balaban J connectivity index is 2.63. The van der Waals surface area contributed by atoms with Gasteiger partial charge in [0.1, 0.15) is 0 Å². The van der Waals surface area contributed by atoms with Crippen molar-refractivity contribution >= 4 is 22.4 Å². The van der Waals surface area contributed by atoms with Crippen LogP contribution in [0.4, 0.5) is 10.8 Å². The molecule has 0 saturated heterocycles. The number of ether oxygens (including phenoxy) is 2. The van der Waals surface area contributed by atoms with E-state index in [0.717, 1.165) is 5.00 Å². The van der Waals surface area contributed by atoms with E-state index in [4.69, 9.17) is 15.2 Å². The Morgan fingerprint density at radius 3 is 2.71 bits per heavy atom. The minimum atomic E-state index is 0.0800. The molecule has 0 bridgehead atoms. The van der Waals surface area contributed by atoms with Gasteiger partial charge in [-0.3, -0.25) is 0 Å². The zero-order valence-electron chi connectivity index (χ0n) is 10.8. The van der Waals surface area contributed by atoms with Gasteiger partial charge in [-0.15, -0.1) is 0 Å². The molecule has 1 heterocycles. The summed E-state index contributed by atoms with van der Waals surface area (Å²) in [6, 6.07) is 0.198. The predicted octanol–water partition coefficient (Wildman–Crippen LogP) is 2.35. The Labute approximate surface area is 106 Å². The number of hydrogen-bond donors (Lipinski definition) is 2. The van der Waals surface area contributed by atoms with Crippen LogP contribution in [0, 0.1) is 0 Å². The molecule has 17 heavy (non-hydrogen) atoms. The van der Waals surface area contributed by atoms with Gasteiger partial charge in [-0.1, -0.05) is 0 Å². The predicted molar refractivity (Wildman–Crippen MR) is 71.9 cm³/mol. The molecule has 1 aromatic rings. The van der Waals surface area contributed by atoms with Gasteiger partial charge in [0.15, 0.2) is 16.6 Å². The molecule has 0 aliphatic heterocycles. The molecular weight excluding hydrogens is 238 g/mol. The average molecular weight is 259 g/mol. The highest BCUT2D eigenvalue weighted by Crippen LogP contribution is 2.36. The first-order chi connectivity index (χ1) is 8.04. The number of nitrogens with one attached hydrogen (secondary N) is 1. The van der Waals surface area contributed by atoms with Gasteiger partial charge in [-0.25, -0.2) is 0 Å². The first-order valence-corrected chi connectivity index (χ1v) is 6.58. The maximum atomic E-state index is 5.77. The van der Waals surface area contributed by atoms with Crippen LogP contribution in [-0.2, 0) is 4.74 Å². The van der Waals surface area contributed by atoms with Crippen molar-refractivity contribution in [3.63, 3.8) is 0 Å². The molecule has 0 saturated carbocycles. The van der Waals surface area contributed by atoms with E-state index in [9.17, 15) is 0 Å². The van der Waals surface area contributed by atoms with Crippen molar-refractivity contribution in [2.45, 2.75) is 39.8 Å². The van der Waals surface area contributed by atoms with E-state index >= 15 is 0 Å². The van der Waals surface area contributed by atoms with Crippen LogP contribution < -0.4 is 15.8 Å². The standard InChI is InChI=1S/C11H21N3O2S/c1-5-15-6-8(4)13-11-9(16-7(2)3)10(12)14-17-11/h7-8,13H,5-6H2,1-4H3,(H2,12,14). The van der Waals surface area contributed by atoms with Crippen LogP contribution >= 0.6 is 11.5 Å². The van der Waals surface area contributed by atoms with Gasteiger partial charge in [0.05, 0.1) is 12.7 Å². The highest BCUT2D eigenvalue weighted by atomic mass is 32.1. The molecule has 0 spiro atoms. The van der Waals surface area contributed by atoms with Crippen LogP contribution in [0.5, 0.6) is 5.75 Å². The minimum Gasteiger partial charge on any atom is -0.484 e. The largest absolute Gasteiger partial charge is 0.484 e. The smallest absolute Gasteiger partial charge is 0.197 e. The fraction of sp³-hybridized carbons (Fsp3) is 0.727. The van der Waals surface area contributed by atoms with Gasteiger partial charge in [0, 0.05) is 12.6 Å². The molecule has 1 unspecified atom stereocenters. The van der Waals surface area contributed by atoms with E-state index in [0.29, 0.717) is 24.8 Å². The van der Waals surface area contributed by atoms with E-state index in [-0.39, 0.29) is 12.1 Å². The quantitative estimate of drug-likeness (QED) is 0.786. The molecule has 0 radical (unpaired) electrons. The number of nitrogens with zero attached hydrogens (tertiary/aromatic N) is 1. The molecule has 3 N–H and O–H groups in total. The van der Waals surface area contributed by atoms with Crippen LogP contribution in [-0.4, -0.2) is 29.7 Å². The van der Waals surface area contributed by atoms with E-state index < -0.39 is 0 Å². The van der Waals surface area contributed by atoms with E-state index in [2.05, 4.69) is 9.69 Å². The highest BCUT2D eigenvalue weighted by molar-refractivity contribution is 7.11. The van der Waals surface area contributed by atoms with Crippen molar-refractivity contribution in [3.8, 4) is 5.75 Å². The summed E-state index contributed by atoms with van der Waals surface area (Å²) < 4.78 is 15.1. The normalized spacial score (nSPS) is 12.8. The number of hydrogen-bond acceptors (Lipinski definition) is 6. The third-order valence-electron chi connectivity index (χ3n) is 1.98. The summed E-state index contributed by atoms with van der Waals surface area (Å²) in [6.45, 7) is 9.31. The molecule has 98 valence electrons. The van der Waals surface area contributed by atoms with Gasteiger partial charge in [-0.2, -0.15) is 4.37 Å². The summed E-state index contributed by atoms with van der Waals surface area (Å²) in [5.74, 6) is 1.09. The zero-order chi connectivity index (χ0) is 12.8. The molecule has 1 rings (SSSR count). The number of nitrogens with two attached hydrogens (primary N) is 1. The molecule has 6 heteroatoms. The number of rotatable bonds is 7. The molecule has 0 aliphatic carbocycles. The average Bonchev–Trinajstić information content (AvgIpc) is 2.58. The lowest BCUT2D eigenvalue weighted by atomic mass is 10.3. The number of anilines is 2. The zero-order valence-corrected chi connectivity index (χ0v) is 11.6. The van der Waals surface area contributed by atoms with Crippen molar-refractivity contribution in [1.82, 2.24) is 4.37 Å². The highest BCUT2D eigenvalue weighted by Gasteiger charge is 2.16. The van der Waals surface area contributed by atoms with Crippen LogP contribution in [0.15, 0.2) is 0 Å². The lowest BCUT2D eigenvalue weighted by molar-refractivity contribution is 0.141. The Bertz CT molecular complexity index is 341. The summed E-state index contributed by atoms with van der Waals surface area (Å²) in [5, 5.41) is 4.16. The SMILES string of the molecule is CCOCC(C)Nc1snc(N)c1OC(C)C. The summed E-state index contributed by atoms with van der Waals surface area (Å²) >= 11 is 1.31. The summed E-state index contributed by atoms with van der Waals surface area (Å²) in [7, 11) is 0. The van der Waals surface area contributed by atoms with Crippen molar-refractivity contribution in [2.24, 2.45) is 0 Å². The van der Waals surface area contributed by atoms with Gasteiger partial charge in [-0.05, 0) is 39.2 Å². The third-order valence-corrected chi connectivity index (χ3v) is 2.75. The van der Waals surface area contributed by atoms with Crippen molar-refractivity contribution in [1.29, 1.82) is 0 Å². The summed E-state index contributed by atoms with van der Waals surface area (Å²) in [4.78, 5) is 0. The lowest BCUT2D eigenvalue weighted by Crippen LogP contribution is -2.21. The fourth-order valence-corrected chi connectivity index (χ4v) is 2.06. The monoisotopic (exact) mass is 259 g/mol. The van der Waals surface area contributed by atoms with Gasteiger partial charge < -0.3 is 20.5 Å². The van der Waals surface area contributed by atoms with Crippen molar-refractivity contribution < 1.29 is 9.47 Å². The molecule has 0 aliphatic rings.